The molecule has 0 radical (unpaired) electrons. The molecule has 1 aromatic carbocycles. The predicted octanol–water partition coefficient (Wildman–Crippen LogP) is 5.93. The molecular weight excluding hydrogens is 657 g/mol. The lowest BCUT2D eigenvalue weighted by Crippen LogP contribution is -2.63. The zero-order valence-corrected chi connectivity index (χ0v) is 28.3. The monoisotopic (exact) mass is 701 g/mol. The zero-order chi connectivity index (χ0) is 36.2. The number of ether oxygens (including phenoxy) is 4. The predicted molar refractivity (Wildman–Crippen MR) is 162 cm³/mol. The number of hydrogen-bond acceptors (Lipinski definition) is 9. The molecule has 2 N–H and O–H groups in total. The van der Waals surface area contributed by atoms with Crippen LogP contribution >= 0.6 is 0 Å². The maximum absolute atomic E-state index is 14.3. The maximum Gasteiger partial charge on any atom is 0.319 e. The Morgan fingerprint density at radius 2 is 1.41 bits per heavy atom. The second-order valence-electron chi connectivity index (χ2n) is 14.9. The molecule has 0 bridgehead atoms. The first-order valence-electron chi connectivity index (χ1n) is 16.9. The van der Waals surface area contributed by atoms with Gasteiger partial charge in [-0.3, -0.25) is 19.2 Å². The molecule has 9 nitrogen and oxygen atoms in total. The standard InChI is InChI=1S/C35H44F5NO8/c1-15(10-25(44)49-33-31(39)29(37)28(36)30(38)32(33)40)20-6-7-21-27-22(13-24(35(20,21)5)47-17(3)43)34(4)9-8-19(48-26(45)14-41)11-18(34)12-23(27)46-16(2)42/h15,18-24,27H,6-14,41H2,1-5H3/t15-,18+,19-,20-,21+,22+,23-,24+,27+,34+,35-/m1/s1. The highest BCUT2D eigenvalue weighted by Gasteiger charge is 2.67. The van der Waals surface area contributed by atoms with Gasteiger partial charge in [0.05, 0.1) is 6.54 Å². The second kappa shape index (κ2) is 13.8. The minimum Gasteiger partial charge on any atom is -0.462 e. The SMILES string of the molecule is CC(=O)O[C@H]1C[C@H]2[C@@H]([C@H](OC(C)=O)C[C@@H]3C[C@H](OC(=O)CN)CC[C@@]32C)[C@@H]2CC[C@H]([C@H](C)CC(=O)Oc3c(F)c(F)c(F)c(F)c3F)[C@@]12C. The van der Waals surface area contributed by atoms with Gasteiger partial charge in [-0.15, -0.1) is 0 Å². The molecule has 11 atom stereocenters. The lowest BCUT2D eigenvalue weighted by Gasteiger charge is -2.64. The Bertz CT molecular complexity index is 1480. The quantitative estimate of drug-likeness (QED) is 0.0876. The summed E-state index contributed by atoms with van der Waals surface area (Å²) < 4.78 is 92.0. The van der Waals surface area contributed by atoms with Crippen LogP contribution in [0.25, 0.3) is 0 Å². The Kier molecular flexibility index (Phi) is 10.4. The molecule has 0 aliphatic heterocycles. The number of fused-ring (bicyclic) bond motifs is 5. The molecule has 49 heavy (non-hydrogen) atoms. The number of rotatable bonds is 8. The van der Waals surface area contributed by atoms with Gasteiger partial charge in [0.2, 0.25) is 34.8 Å². The first kappa shape index (κ1) is 37.0. The maximum atomic E-state index is 14.3. The number of benzene rings is 1. The Balaban J connectivity index is 1.44. The summed E-state index contributed by atoms with van der Waals surface area (Å²) in [6.45, 7) is 8.39. The molecule has 4 saturated carbocycles. The van der Waals surface area contributed by atoms with Crippen molar-refractivity contribution in [1.29, 1.82) is 0 Å². The fourth-order valence-electron chi connectivity index (χ4n) is 10.4. The van der Waals surface area contributed by atoms with Crippen molar-refractivity contribution in [2.45, 2.75) is 104 Å². The van der Waals surface area contributed by atoms with Crippen molar-refractivity contribution in [2.75, 3.05) is 6.54 Å². The molecule has 0 saturated heterocycles. The molecule has 0 amide bonds. The average molecular weight is 702 g/mol. The van der Waals surface area contributed by atoms with E-state index in [2.05, 4.69) is 6.92 Å². The Hall–Kier alpha value is -3.29. The van der Waals surface area contributed by atoms with E-state index in [-0.39, 0.29) is 47.7 Å². The van der Waals surface area contributed by atoms with E-state index in [1.165, 1.54) is 13.8 Å². The van der Waals surface area contributed by atoms with Crippen molar-refractivity contribution in [3.05, 3.63) is 29.1 Å². The van der Waals surface area contributed by atoms with E-state index in [0.717, 1.165) is 6.42 Å². The molecule has 272 valence electrons. The smallest absolute Gasteiger partial charge is 0.319 e. The lowest BCUT2D eigenvalue weighted by atomic mass is 9.43. The summed E-state index contributed by atoms with van der Waals surface area (Å²) in [5.41, 5.74) is 4.49. The molecule has 0 unspecified atom stereocenters. The van der Waals surface area contributed by atoms with E-state index in [4.69, 9.17) is 24.7 Å². The highest BCUT2D eigenvalue weighted by molar-refractivity contribution is 5.73. The van der Waals surface area contributed by atoms with E-state index < -0.39 is 88.7 Å². The van der Waals surface area contributed by atoms with Crippen molar-refractivity contribution < 1.29 is 60.1 Å². The van der Waals surface area contributed by atoms with Crippen LogP contribution < -0.4 is 10.5 Å². The van der Waals surface area contributed by atoms with Gasteiger partial charge < -0.3 is 24.7 Å². The molecular formula is C35H44F5NO8. The van der Waals surface area contributed by atoms with Crippen LogP contribution in [0.15, 0.2) is 0 Å². The van der Waals surface area contributed by atoms with Crippen molar-refractivity contribution >= 4 is 23.9 Å². The van der Waals surface area contributed by atoms with Crippen LogP contribution in [0.3, 0.4) is 0 Å². The van der Waals surface area contributed by atoms with Crippen molar-refractivity contribution in [3.63, 3.8) is 0 Å². The summed E-state index contributed by atoms with van der Waals surface area (Å²) in [6, 6.07) is 0. The van der Waals surface area contributed by atoms with Gasteiger partial charge in [0, 0.05) is 31.6 Å². The third kappa shape index (κ3) is 6.54. The summed E-state index contributed by atoms with van der Waals surface area (Å²) in [5, 5.41) is 0. The van der Waals surface area contributed by atoms with Crippen LogP contribution in [-0.2, 0) is 33.4 Å². The van der Waals surface area contributed by atoms with Crippen molar-refractivity contribution in [1.82, 2.24) is 0 Å². The Morgan fingerprint density at radius 3 is 2.00 bits per heavy atom. The van der Waals surface area contributed by atoms with Gasteiger partial charge in [0.1, 0.15) is 18.3 Å². The van der Waals surface area contributed by atoms with Gasteiger partial charge in [-0.2, -0.15) is 8.78 Å². The van der Waals surface area contributed by atoms with Gasteiger partial charge in [-0.1, -0.05) is 20.8 Å². The summed E-state index contributed by atoms with van der Waals surface area (Å²) in [5.74, 6) is -16.6. The number of carbonyl (C=O) groups excluding carboxylic acids is 4. The van der Waals surface area contributed by atoms with Crippen LogP contribution in [-0.4, -0.2) is 48.7 Å². The number of halogens is 5. The summed E-state index contributed by atoms with van der Waals surface area (Å²) in [7, 11) is 0. The number of nitrogens with two attached hydrogens (primary N) is 1. The molecule has 0 aromatic heterocycles. The summed E-state index contributed by atoms with van der Waals surface area (Å²) >= 11 is 0. The Labute approximate surface area is 281 Å². The van der Waals surface area contributed by atoms with Gasteiger partial charge >= 0.3 is 23.9 Å². The van der Waals surface area contributed by atoms with Gasteiger partial charge in [-0.05, 0) is 80.0 Å². The molecule has 14 heteroatoms. The van der Waals surface area contributed by atoms with Crippen LogP contribution in [0.5, 0.6) is 5.75 Å². The molecule has 0 spiro atoms. The zero-order valence-electron chi connectivity index (χ0n) is 28.3. The summed E-state index contributed by atoms with van der Waals surface area (Å²) in [6.07, 6.45) is 2.36. The fraction of sp³-hybridized carbons (Fsp3) is 0.714. The Morgan fingerprint density at radius 1 is 0.796 bits per heavy atom. The van der Waals surface area contributed by atoms with E-state index >= 15 is 0 Å². The van der Waals surface area contributed by atoms with E-state index in [0.29, 0.717) is 38.5 Å². The second-order valence-corrected chi connectivity index (χ2v) is 14.9. The van der Waals surface area contributed by atoms with E-state index in [1.54, 1.807) is 6.92 Å². The van der Waals surface area contributed by atoms with Crippen LogP contribution in [0.4, 0.5) is 22.0 Å². The summed E-state index contributed by atoms with van der Waals surface area (Å²) in [4.78, 5) is 50.0. The number of carbonyl (C=O) groups is 4. The number of esters is 4. The van der Waals surface area contributed by atoms with Crippen LogP contribution in [0, 0.1) is 75.4 Å². The third-order valence-corrected chi connectivity index (χ3v) is 12.4. The van der Waals surface area contributed by atoms with E-state index in [9.17, 15) is 41.1 Å². The van der Waals surface area contributed by atoms with Crippen LogP contribution in [0.1, 0.15) is 86.0 Å². The van der Waals surface area contributed by atoms with Gasteiger partial charge in [-0.25, -0.2) is 13.2 Å². The first-order chi connectivity index (χ1) is 22.9. The van der Waals surface area contributed by atoms with Crippen LogP contribution in [0.2, 0.25) is 0 Å². The van der Waals surface area contributed by atoms with Gasteiger partial charge in [0.25, 0.3) is 0 Å². The van der Waals surface area contributed by atoms with Crippen molar-refractivity contribution in [3.8, 4) is 5.75 Å². The van der Waals surface area contributed by atoms with Crippen molar-refractivity contribution in [2.24, 2.45) is 52.1 Å². The van der Waals surface area contributed by atoms with Gasteiger partial charge in [0.15, 0.2) is 0 Å². The fourth-order valence-corrected chi connectivity index (χ4v) is 10.4. The topological polar surface area (TPSA) is 131 Å². The average Bonchev–Trinajstić information content (AvgIpc) is 3.39. The minimum atomic E-state index is -2.36. The molecule has 4 aliphatic rings. The first-order valence-corrected chi connectivity index (χ1v) is 16.9. The minimum absolute atomic E-state index is 0.0302. The molecule has 1 aromatic rings. The highest BCUT2D eigenvalue weighted by Crippen LogP contribution is 2.69. The van der Waals surface area contributed by atoms with E-state index in [1.807, 2.05) is 6.92 Å². The normalized spacial score (nSPS) is 35.7. The third-order valence-electron chi connectivity index (χ3n) is 12.4. The highest BCUT2D eigenvalue weighted by atomic mass is 19.2. The number of hydrogen-bond donors (Lipinski definition) is 1. The molecule has 0 heterocycles. The lowest BCUT2D eigenvalue weighted by molar-refractivity contribution is -0.224. The molecule has 5 rings (SSSR count). The molecule has 4 aliphatic carbocycles. The molecule has 4 fully saturated rings. The largest absolute Gasteiger partial charge is 0.462 e.